The first-order chi connectivity index (χ1) is 14.8. The highest BCUT2D eigenvalue weighted by Gasteiger charge is 2.27. The maximum Gasteiger partial charge on any atom is 0.243 e. The molecule has 0 bridgehead atoms. The Kier molecular flexibility index (Phi) is 7.82. The molecule has 1 heterocycles. The standard InChI is InChI=1S/C21H26N2O6S2/c1-15(30-17-6-4-16(27-2)5-7-17)21(24)22-19-14-18(8-9-20(19)28-3)31(25,26)23-10-12-29-13-11-23/h4-9,14-15H,10-13H2,1-3H3,(H,22,24). The molecule has 0 radical (unpaired) electrons. The molecule has 1 unspecified atom stereocenters. The molecule has 1 aliphatic heterocycles. The topological polar surface area (TPSA) is 94.2 Å². The van der Waals surface area contributed by atoms with Crippen LogP contribution >= 0.6 is 11.8 Å². The van der Waals surface area contributed by atoms with Gasteiger partial charge in [0.2, 0.25) is 15.9 Å². The molecule has 1 aliphatic rings. The van der Waals surface area contributed by atoms with Gasteiger partial charge in [-0.1, -0.05) is 0 Å². The van der Waals surface area contributed by atoms with Crippen LogP contribution in [-0.2, 0) is 19.6 Å². The third-order valence-corrected chi connectivity index (χ3v) is 7.78. The zero-order valence-electron chi connectivity index (χ0n) is 17.7. The van der Waals surface area contributed by atoms with Gasteiger partial charge in [-0.15, -0.1) is 11.8 Å². The van der Waals surface area contributed by atoms with Crippen molar-refractivity contribution in [1.82, 2.24) is 4.31 Å². The van der Waals surface area contributed by atoms with Crippen molar-refractivity contribution in [3.63, 3.8) is 0 Å². The van der Waals surface area contributed by atoms with Crippen LogP contribution in [0.2, 0.25) is 0 Å². The van der Waals surface area contributed by atoms with E-state index in [-0.39, 0.29) is 10.8 Å². The minimum absolute atomic E-state index is 0.0981. The number of benzene rings is 2. The molecule has 1 fully saturated rings. The van der Waals surface area contributed by atoms with E-state index in [0.29, 0.717) is 37.7 Å². The van der Waals surface area contributed by atoms with Crippen LogP contribution in [0.1, 0.15) is 6.92 Å². The number of carbonyl (C=O) groups is 1. The molecule has 31 heavy (non-hydrogen) atoms. The number of anilines is 1. The van der Waals surface area contributed by atoms with Gasteiger partial charge in [-0.2, -0.15) is 4.31 Å². The largest absolute Gasteiger partial charge is 0.497 e. The highest BCUT2D eigenvalue weighted by molar-refractivity contribution is 8.00. The van der Waals surface area contributed by atoms with E-state index < -0.39 is 15.3 Å². The molecule has 0 spiro atoms. The van der Waals surface area contributed by atoms with Gasteiger partial charge in [0.25, 0.3) is 0 Å². The molecule has 2 aromatic carbocycles. The van der Waals surface area contributed by atoms with Gasteiger partial charge in [0.1, 0.15) is 11.5 Å². The molecule has 1 atom stereocenters. The van der Waals surface area contributed by atoms with E-state index >= 15 is 0 Å². The Morgan fingerprint density at radius 1 is 1.10 bits per heavy atom. The number of morpholine rings is 1. The minimum atomic E-state index is -3.69. The molecule has 2 aromatic rings. The summed E-state index contributed by atoms with van der Waals surface area (Å²) in [5, 5.41) is 2.38. The molecule has 0 aliphatic carbocycles. The lowest BCUT2D eigenvalue weighted by Gasteiger charge is -2.26. The van der Waals surface area contributed by atoms with Crippen molar-refractivity contribution in [2.75, 3.05) is 45.8 Å². The number of nitrogens with one attached hydrogen (secondary N) is 1. The second-order valence-corrected chi connectivity index (χ2v) is 10.2. The van der Waals surface area contributed by atoms with Crippen LogP contribution in [0.25, 0.3) is 0 Å². The summed E-state index contributed by atoms with van der Waals surface area (Å²) in [6.07, 6.45) is 0. The van der Waals surface area contributed by atoms with Gasteiger partial charge in [0, 0.05) is 18.0 Å². The van der Waals surface area contributed by atoms with E-state index in [9.17, 15) is 13.2 Å². The lowest BCUT2D eigenvalue weighted by molar-refractivity contribution is -0.115. The van der Waals surface area contributed by atoms with Crippen molar-refractivity contribution in [2.45, 2.75) is 22.0 Å². The molecule has 1 amide bonds. The second kappa shape index (κ2) is 10.4. The van der Waals surface area contributed by atoms with Crippen LogP contribution in [0, 0.1) is 0 Å². The summed E-state index contributed by atoms with van der Waals surface area (Å²) in [4.78, 5) is 13.8. The lowest BCUT2D eigenvalue weighted by atomic mass is 10.3. The van der Waals surface area contributed by atoms with Crippen LogP contribution in [0.15, 0.2) is 52.3 Å². The fourth-order valence-electron chi connectivity index (χ4n) is 3.03. The summed E-state index contributed by atoms with van der Waals surface area (Å²) in [6, 6.07) is 11.9. The van der Waals surface area contributed by atoms with Crippen molar-refractivity contribution < 1.29 is 27.4 Å². The highest BCUT2D eigenvalue weighted by atomic mass is 32.2. The number of rotatable bonds is 8. The Bertz CT molecular complexity index is 1010. The summed E-state index contributed by atoms with van der Waals surface area (Å²) in [5.74, 6) is 0.862. The fourth-order valence-corrected chi connectivity index (χ4v) is 5.33. The first kappa shape index (κ1) is 23.4. The lowest BCUT2D eigenvalue weighted by Crippen LogP contribution is -2.40. The maximum atomic E-state index is 13.0. The number of ether oxygens (including phenoxy) is 3. The van der Waals surface area contributed by atoms with Crippen molar-refractivity contribution in [1.29, 1.82) is 0 Å². The van der Waals surface area contributed by atoms with Gasteiger partial charge in [0.05, 0.1) is 43.3 Å². The Morgan fingerprint density at radius 2 is 1.77 bits per heavy atom. The zero-order valence-corrected chi connectivity index (χ0v) is 19.3. The third-order valence-electron chi connectivity index (χ3n) is 4.78. The van der Waals surface area contributed by atoms with Crippen molar-refractivity contribution in [3.8, 4) is 11.5 Å². The summed E-state index contributed by atoms with van der Waals surface area (Å²) >= 11 is 1.39. The zero-order chi connectivity index (χ0) is 22.4. The quantitative estimate of drug-likeness (QED) is 0.598. The SMILES string of the molecule is COc1ccc(SC(C)C(=O)Nc2cc(S(=O)(=O)N3CCOCC3)ccc2OC)cc1. The van der Waals surface area contributed by atoms with Crippen molar-refractivity contribution in [2.24, 2.45) is 0 Å². The molecule has 168 valence electrons. The molecule has 1 saturated heterocycles. The Balaban J connectivity index is 1.75. The number of hydrogen-bond donors (Lipinski definition) is 1. The molecular weight excluding hydrogens is 440 g/mol. The van der Waals surface area contributed by atoms with Gasteiger partial charge in [-0.25, -0.2) is 8.42 Å². The van der Waals surface area contributed by atoms with E-state index in [1.807, 2.05) is 24.3 Å². The fraction of sp³-hybridized carbons (Fsp3) is 0.381. The number of thioether (sulfide) groups is 1. The summed E-state index contributed by atoms with van der Waals surface area (Å²) < 4.78 is 43.0. The Labute approximate surface area is 186 Å². The van der Waals surface area contributed by atoms with E-state index in [4.69, 9.17) is 14.2 Å². The first-order valence-electron chi connectivity index (χ1n) is 9.72. The number of nitrogens with zero attached hydrogens (tertiary/aromatic N) is 1. The highest BCUT2D eigenvalue weighted by Crippen LogP contribution is 2.31. The van der Waals surface area contributed by atoms with Crippen LogP contribution in [0.5, 0.6) is 11.5 Å². The monoisotopic (exact) mass is 466 g/mol. The normalized spacial score (nSPS) is 15.8. The van der Waals surface area contributed by atoms with E-state index in [0.717, 1.165) is 10.6 Å². The number of amides is 1. The Morgan fingerprint density at radius 3 is 2.39 bits per heavy atom. The molecular formula is C21H26N2O6S2. The predicted molar refractivity (Wildman–Crippen MR) is 120 cm³/mol. The molecule has 0 saturated carbocycles. The summed E-state index contributed by atoms with van der Waals surface area (Å²) in [6.45, 7) is 3.10. The van der Waals surface area contributed by atoms with Gasteiger partial charge in [-0.05, 0) is 49.4 Å². The van der Waals surface area contributed by atoms with Crippen LogP contribution in [0.3, 0.4) is 0 Å². The Hall–Kier alpha value is -2.27. The van der Waals surface area contributed by atoms with Gasteiger partial charge >= 0.3 is 0 Å². The number of sulfonamides is 1. The minimum Gasteiger partial charge on any atom is -0.497 e. The van der Waals surface area contributed by atoms with E-state index in [2.05, 4.69) is 5.32 Å². The smallest absolute Gasteiger partial charge is 0.243 e. The number of hydrogen-bond acceptors (Lipinski definition) is 7. The average molecular weight is 467 g/mol. The molecule has 0 aromatic heterocycles. The van der Waals surface area contributed by atoms with Gasteiger partial charge in [-0.3, -0.25) is 4.79 Å². The third kappa shape index (κ3) is 5.70. The molecule has 8 nitrogen and oxygen atoms in total. The summed E-state index contributed by atoms with van der Waals surface area (Å²) in [5.41, 5.74) is 0.309. The van der Waals surface area contributed by atoms with Gasteiger partial charge < -0.3 is 19.5 Å². The number of methoxy groups -OCH3 is 2. The van der Waals surface area contributed by atoms with Crippen LogP contribution in [-0.4, -0.2) is 64.4 Å². The average Bonchev–Trinajstić information content (AvgIpc) is 2.80. The first-order valence-corrected chi connectivity index (χ1v) is 12.0. The number of carbonyl (C=O) groups excluding carboxylic acids is 1. The van der Waals surface area contributed by atoms with Gasteiger partial charge in [0.15, 0.2) is 0 Å². The predicted octanol–water partition coefficient (Wildman–Crippen LogP) is 2.84. The molecule has 10 heteroatoms. The van der Waals surface area contributed by atoms with Crippen LogP contribution < -0.4 is 14.8 Å². The maximum absolute atomic E-state index is 13.0. The van der Waals surface area contributed by atoms with E-state index in [1.54, 1.807) is 20.1 Å². The molecule has 3 rings (SSSR count). The van der Waals surface area contributed by atoms with Crippen molar-refractivity contribution >= 4 is 33.4 Å². The molecule has 1 N–H and O–H groups in total. The second-order valence-electron chi connectivity index (χ2n) is 6.80. The van der Waals surface area contributed by atoms with E-state index in [1.165, 1.54) is 35.3 Å². The summed E-state index contributed by atoms with van der Waals surface area (Å²) in [7, 11) is -0.626. The van der Waals surface area contributed by atoms with Crippen molar-refractivity contribution in [3.05, 3.63) is 42.5 Å². The van der Waals surface area contributed by atoms with Crippen LogP contribution in [0.4, 0.5) is 5.69 Å².